The van der Waals surface area contributed by atoms with Gasteiger partial charge >= 0.3 is 5.97 Å². The summed E-state index contributed by atoms with van der Waals surface area (Å²) >= 11 is 0. The fourth-order valence-electron chi connectivity index (χ4n) is 3.66. The van der Waals surface area contributed by atoms with Gasteiger partial charge in [0, 0.05) is 11.1 Å². The summed E-state index contributed by atoms with van der Waals surface area (Å²) in [5.41, 5.74) is 4.08. The first-order chi connectivity index (χ1) is 15.7. The molecule has 1 heterocycles. The lowest BCUT2D eigenvalue weighted by molar-refractivity contribution is -0.129. The summed E-state index contributed by atoms with van der Waals surface area (Å²) in [6.07, 6.45) is 1.71. The predicted octanol–water partition coefficient (Wildman–Crippen LogP) is 6.07. The molecule has 5 rings (SSSR count). The fraction of sp³-hybridized carbons (Fsp3) is 0.0714. The molecule has 156 valence electrons. The van der Waals surface area contributed by atoms with Crippen LogP contribution in [0.1, 0.15) is 22.3 Å². The number of esters is 1. The van der Waals surface area contributed by atoms with Crippen molar-refractivity contribution >= 4 is 28.7 Å². The van der Waals surface area contributed by atoms with Crippen molar-refractivity contribution < 1.29 is 14.3 Å². The Hall–Kier alpha value is -4.18. The number of fused-ring (bicyclic) bond motifs is 1. The second-order valence-corrected chi connectivity index (χ2v) is 7.65. The fourth-order valence-corrected chi connectivity index (χ4v) is 3.66. The number of nitrogens with zero attached hydrogens (tertiary/aromatic N) is 1. The van der Waals surface area contributed by atoms with E-state index >= 15 is 0 Å². The highest BCUT2D eigenvalue weighted by Gasteiger charge is 2.24. The Kier molecular flexibility index (Phi) is 5.26. The van der Waals surface area contributed by atoms with Gasteiger partial charge in [0.05, 0.1) is 0 Å². The van der Waals surface area contributed by atoms with E-state index in [4.69, 9.17) is 9.47 Å². The summed E-state index contributed by atoms with van der Waals surface area (Å²) < 4.78 is 11.5. The monoisotopic (exact) mass is 419 g/mol. The minimum absolute atomic E-state index is 0.250. The van der Waals surface area contributed by atoms with Crippen LogP contribution in [-0.2, 0) is 16.1 Å². The minimum Gasteiger partial charge on any atom is -0.488 e. The van der Waals surface area contributed by atoms with Crippen LogP contribution in [0.15, 0.2) is 102 Å². The smallest absolute Gasteiger partial charge is 0.363 e. The summed E-state index contributed by atoms with van der Waals surface area (Å²) in [6.45, 7) is 2.51. The van der Waals surface area contributed by atoms with Crippen LogP contribution in [0.25, 0.3) is 16.8 Å². The number of rotatable bonds is 5. The Morgan fingerprint density at radius 2 is 1.62 bits per heavy atom. The van der Waals surface area contributed by atoms with Crippen molar-refractivity contribution in [2.45, 2.75) is 13.5 Å². The number of ether oxygens (including phenoxy) is 2. The third-order valence-electron chi connectivity index (χ3n) is 5.47. The van der Waals surface area contributed by atoms with Gasteiger partial charge in [0.15, 0.2) is 5.70 Å². The molecule has 0 aromatic heterocycles. The van der Waals surface area contributed by atoms with E-state index in [1.165, 1.54) is 5.56 Å². The second-order valence-electron chi connectivity index (χ2n) is 7.65. The zero-order valence-corrected chi connectivity index (χ0v) is 17.6. The molecule has 0 atom stereocenters. The van der Waals surface area contributed by atoms with E-state index in [9.17, 15) is 4.79 Å². The summed E-state index contributed by atoms with van der Waals surface area (Å²) in [4.78, 5) is 17.0. The number of carbonyl (C=O) groups is 1. The lowest BCUT2D eigenvalue weighted by Gasteiger charge is -2.11. The molecule has 1 aliphatic heterocycles. The molecule has 0 bridgehead atoms. The first kappa shape index (κ1) is 19.8. The third kappa shape index (κ3) is 4.03. The standard InChI is InChI=1S/C28H21NO3/c1-19-8-2-3-12-24(19)18-31-26-13-7-6-11-22(26)17-25-28(30)32-27(29-25)23-15-14-20-9-4-5-10-21(20)16-23/h2-17H,18H2,1H3/b25-17+. The van der Waals surface area contributed by atoms with Crippen LogP contribution in [0.2, 0.25) is 0 Å². The number of hydrogen-bond donors (Lipinski definition) is 0. The van der Waals surface area contributed by atoms with Crippen LogP contribution in [0.5, 0.6) is 5.75 Å². The van der Waals surface area contributed by atoms with Crippen LogP contribution < -0.4 is 4.74 Å². The lowest BCUT2D eigenvalue weighted by Crippen LogP contribution is -2.05. The van der Waals surface area contributed by atoms with Crippen molar-refractivity contribution in [3.63, 3.8) is 0 Å². The number of aryl methyl sites for hydroxylation is 1. The topological polar surface area (TPSA) is 47.9 Å². The third-order valence-corrected chi connectivity index (χ3v) is 5.47. The maximum Gasteiger partial charge on any atom is 0.363 e. The van der Waals surface area contributed by atoms with Crippen molar-refractivity contribution in [1.29, 1.82) is 0 Å². The molecular weight excluding hydrogens is 398 g/mol. The number of cyclic esters (lactones) is 1. The molecule has 4 aromatic carbocycles. The van der Waals surface area contributed by atoms with Crippen LogP contribution >= 0.6 is 0 Å². The Labute approximate surface area is 186 Å². The number of hydrogen-bond acceptors (Lipinski definition) is 4. The van der Waals surface area contributed by atoms with Gasteiger partial charge in [-0.2, -0.15) is 0 Å². The number of benzene rings is 4. The molecule has 4 heteroatoms. The molecule has 0 N–H and O–H groups in total. The van der Waals surface area contributed by atoms with Crippen LogP contribution in [0, 0.1) is 6.92 Å². The highest BCUT2D eigenvalue weighted by atomic mass is 16.6. The summed E-state index contributed by atoms with van der Waals surface area (Å²) in [5.74, 6) is 0.526. The maximum atomic E-state index is 12.5. The molecule has 0 saturated carbocycles. The highest BCUT2D eigenvalue weighted by molar-refractivity contribution is 6.13. The number of carbonyl (C=O) groups excluding carboxylic acids is 1. The molecule has 1 aliphatic rings. The molecule has 0 aliphatic carbocycles. The van der Waals surface area contributed by atoms with Gasteiger partial charge in [0.1, 0.15) is 12.4 Å². The summed E-state index contributed by atoms with van der Waals surface area (Å²) in [7, 11) is 0. The van der Waals surface area contributed by atoms with Crippen LogP contribution in [0.4, 0.5) is 0 Å². The normalized spacial score (nSPS) is 14.5. The molecule has 0 fully saturated rings. The van der Waals surface area contributed by atoms with Gasteiger partial charge in [-0.15, -0.1) is 0 Å². The van der Waals surface area contributed by atoms with Crippen molar-refractivity contribution in [2.75, 3.05) is 0 Å². The molecule has 0 spiro atoms. The zero-order chi connectivity index (χ0) is 21.9. The maximum absolute atomic E-state index is 12.5. The SMILES string of the molecule is Cc1ccccc1COc1ccccc1/C=C1/N=C(c2ccc3ccccc3c2)OC1=O. The van der Waals surface area contributed by atoms with E-state index in [-0.39, 0.29) is 5.70 Å². The van der Waals surface area contributed by atoms with E-state index < -0.39 is 5.97 Å². The van der Waals surface area contributed by atoms with Gasteiger partial charge in [-0.25, -0.2) is 9.79 Å². The first-order valence-corrected chi connectivity index (χ1v) is 10.5. The van der Waals surface area contributed by atoms with E-state index in [1.54, 1.807) is 6.08 Å². The Bertz CT molecular complexity index is 1380. The lowest BCUT2D eigenvalue weighted by atomic mass is 10.1. The quantitative estimate of drug-likeness (QED) is 0.291. The zero-order valence-electron chi connectivity index (χ0n) is 17.6. The number of aliphatic imine (C=N–C) groups is 1. The van der Waals surface area contributed by atoms with Crippen molar-refractivity contribution in [3.8, 4) is 5.75 Å². The summed E-state index contributed by atoms with van der Waals surface area (Å²) in [6, 6.07) is 29.6. The molecular formula is C28H21NO3. The molecule has 0 saturated heterocycles. The van der Waals surface area contributed by atoms with Crippen molar-refractivity contribution in [1.82, 2.24) is 0 Å². The van der Waals surface area contributed by atoms with E-state index in [0.717, 1.165) is 27.5 Å². The minimum atomic E-state index is -0.470. The Morgan fingerprint density at radius 3 is 2.50 bits per heavy atom. The average Bonchev–Trinajstić information content (AvgIpc) is 3.19. The van der Waals surface area contributed by atoms with Crippen molar-refractivity contribution in [3.05, 3.63) is 119 Å². The Morgan fingerprint density at radius 1 is 0.875 bits per heavy atom. The van der Waals surface area contributed by atoms with E-state index in [1.807, 2.05) is 84.9 Å². The van der Waals surface area contributed by atoms with Gasteiger partial charge < -0.3 is 9.47 Å². The molecule has 0 unspecified atom stereocenters. The van der Waals surface area contributed by atoms with Crippen LogP contribution in [0.3, 0.4) is 0 Å². The van der Waals surface area contributed by atoms with Gasteiger partial charge in [0.25, 0.3) is 0 Å². The molecule has 32 heavy (non-hydrogen) atoms. The van der Waals surface area contributed by atoms with Gasteiger partial charge in [-0.3, -0.25) is 0 Å². The average molecular weight is 419 g/mol. The van der Waals surface area contributed by atoms with Gasteiger partial charge in [0.2, 0.25) is 5.90 Å². The predicted molar refractivity (Wildman–Crippen MR) is 127 cm³/mol. The molecule has 4 nitrogen and oxygen atoms in total. The Balaban J connectivity index is 1.42. The van der Waals surface area contributed by atoms with Crippen molar-refractivity contribution in [2.24, 2.45) is 4.99 Å². The summed E-state index contributed by atoms with van der Waals surface area (Å²) in [5, 5.41) is 2.19. The molecule has 0 amide bonds. The van der Waals surface area contributed by atoms with Crippen LogP contribution in [-0.4, -0.2) is 11.9 Å². The van der Waals surface area contributed by atoms with E-state index in [2.05, 4.69) is 18.0 Å². The number of para-hydroxylation sites is 1. The molecule has 4 aromatic rings. The van der Waals surface area contributed by atoms with Gasteiger partial charge in [-0.05, 0) is 53.1 Å². The highest BCUT2D eigenvalue weighted by Crippen LogP contribution is 2.26. The molecule has 0 radical (unpaired) electrons. The first-order valence-electron chi connectivity index (χ1n) is 10.5. The van der Waals surface area contributed by atoms with E-state index in [0.29, 0.717) is 18.3 Å². The largest absolute Gasteiger partial charge is 0.488 e. The van der Waals surface area contributed by atoms with Gasteiger partial charge in [-0.1, -0.05) is 72.8 Å². The second kappa shape index (κ2) is 8.52.